The predicted octanol–water partition coefficient (Wildman–Crippen LogP) is 5.43. The molecule has 1 atom stereocenters. The quantitative estimate of drug-likeness (QED) is 0.410. The maximum Gasteiger partial charge on any atom is 0.234 e. The van der Waals surface area contributed by atoms with E-state index in [9.17, 15) is 4.79 Å². The fraction of sp³-hybridized carbons (Fsp3) is 0.435. The van der Waals surface area contributed by atoms with Crippen LogP contribution in [0.4, 0.5) is 5.69 Å². The van der Waals surface area contributed by atoms with Crippen LogP contribution < -0.4 is 10.1 Å². The van der Waals surface area contributed by atoms with Gasteiger partial charge in [0.1, 0.15) is 21.4 Å². The topological polar surface area (TPSA) is 64.1 Å². The number of anilines is 1. The summed E-state index contributed by atoms with van der Waals surface area (Å²) in [5.41, 5.74) is 2.11. The average Bonchev–Trinajstić information content (AvgIpc) is 3.53. The lowest BCUT2D eigenvalue weighted by atomic mass is 9.89. The van der Waals surface area contributed by atoms with Gasteiger partial charge in [-0.05, 0) is 55.7 Å². The molecule has 3 aromatic rings. The Labute approximate surface area is 184 Å². The number of thiophene rings is 1. The summed E-state index contributed by atoms with van der Waals surface area (Å²) in [6.45, 7) is 2.33. The predicted molar refractivity (Wildman–Crippen MR) is 123 cm³/mol. The van der Waals surface area contributed by atoms with Crippen LogP contribution in [-0.4, -0.2) is 28.7 Å². The Hall–Kier alpha value is -2.12. The van der Waals surface area contributed by atoms with Gasteiger partial charge in [0.25, 0.3) is 0 Å². The minimum absolute atomic E-state index is 0.0537. The van der Waals surface area contributed by atoms with Gasteiger partial charge in [-0.3, -0.25) is 4.79 Å². The summed E-state index contributed by atoms with van der Waals surface area (Å²) in [5.74, 6) is 3.11. The van der Waals surface area contributed by atoms with Crippen molar-refractivity contribution in [2.75, 3.05) is 18.2 Å². The number of hydrogen-bond donors (Lipinski definition) is 1. The van der Waals surface area contributed by atoms with Crippen molar-refractivity contribution in [2.45, 2.75) is 50.0 Å². The second-order valence-electron chi connectivity index (χ2n) is 8.23. The highest BCUT2D eigenvalue weighted by atomic mass is 32.2. The van der Waals surface area contributed by atoms with E-state index >= 15 is 0 Å². The molecule has 0 aliphatic heterocycles. The zero-order valence-corrected chi connectivity index (χ0v) is 18.9. The van der Waals surface area contributed by atoms with Gasteiger partial charge in [0.2, 0.25) is 5.91 Å². The summed E-state index contributed by atoms with van der Waals surface area (Å²) in [6, 6.07) is 7.48. The Kier molecular flexibility index (Phi) is 5.41. The molecule has 0 radical (unpaired) electrons. The first-order chi connectivity index (χ1) is 14.6. The summed E-state index contributed by atoms with van der Waals surface area (Å²) in [6.07, 6.45) is 5.77. The van der Waals surface area contributed by atoms with Gasteiger partial charge in [-0.25, -0.2) is 9.97 Å². The number of ether oxygens (including phenoxy) is 1. The molecule has 1 N–H and O–H groups in total. The first-order valence-corrected chi connectivity index (χ1v) is 12.3. The molecule has 0 bridgehead atoms. The number of carbonyl (C=O) groups excluding carboxylic acids is 1. The lowest BCUT2D eigenvalue weighted by molar-refractivity contribution is -0.113. The van der Waals surface area contributed by atoms with E-state index in [1.807, 2.05) is 35.6 Å². The summed E-state index contributed by atoms with van der Waals surface area (Å²) in [5, 5.41) is 5.14. The maximum absolute atomic E-state index is 12.7. The Morgan fingerprint density at radius 2 is 2.10 bits per heavy atom. The fourth-order valence-electron chi connectivity index (χ4n) is 4.02. The zero-order chi connectivity index (χ0) is 20.7. The Bertz CT molecular complexity index is 1110. The van der Waals surface area contributed by atoms with Gasteiger partial charge in [-0.2, -0.15) is 0 Å². The molecule has 2 aliphatic carbocycles. The molecule has 1 fully saturated rings. The largest absolute Gasteiger partial charge is 0.495 e. The smallest absolute Gasteiger partial charge is 0.234 e. The fourth-order valence-corrected chi connectivity index (χ4v) is 6.34. The number of thioether (sulfide) groups is 1. The minimum atomic E-state index is -0.0537. The summed E-state index contributed by atoms with van der Waals surface area (Å²) in [4.78, 5) is 25.1. The van der Waals surface area contributed by atoms with E-state index in [1.54, 1.807) is 7.11 Å². The highest BCUT2D eigenvalue weighted by Crippen LogP contribution is 2.44. The van der Waals surface area contributed by atoms with Crippen LogP contribution in [-0.2, 0) is 17.6 Å². The number of benzene rings is 1. The molecule has 5 nitrogen and oxygen atoms in total. The lowest BCUT2D eigenvalue weighted by Gasteiger charge is -2.18. The van der Waals surface area contributed by atoms with E-state index in [-0.39, 0.29) is 5.91 Å². The van der Waals surface area contributed by atoms with E-state index in [0.717, 1.165) is 34.4 Å². The number of para-hydroxylation sites is 2. The molecular weight excluding hydrogens is 414 g/mol. The summed E-state index contributed by atoms with van der Waals surface area (Å²) in [7, 11) is 1.61. The first-order valence-electron chi connectivity index (χ1n) is 10.5. The van der Waals surface area contributed by atoms with Crippen LogP contribution in [0, 0.1) is 5.92 Å². The van der Waals surface area contributed by atoms with E-state index in [4.69, 9.17) is 14.7 Å². The van der Waals surface area contributed by atoms with Crippen molar-refractivity contribution in [3.8, 4) is 5.75 Å². The molecule has 1 aromatic carbocycles. The minimum Gasteiger partial charge on any atom is -0.495 e. The lowest BCUT2D eigenvalue weighted by Crippen LogP contribution is -2.15. The third-order valence-electron chi connectivity index (χ3n) is 5.80. The molecule has 5 rings (SSSR count). The standard InChI is InChI=1S/C23H25N3O2S2/c1-13-7-10-15-18(11-13)30-23-20(15)22(25-21(26-23)14-8-9-14)29-12-19(27)24-16-5-3-4-6-17(16)28-2/h3-6,13-14H,7-12H2,1-2H3,(H,24,27). The summed E-state index contributed by atoms with van der Waals surface area (Å²) >= 11 is 3.37. The highest BCUT2D eigenvalue weighted by molar-refractivity contribution is 8.00. The molecule has 1 saturated carbocycles. The molecule has 156 valence electrons. The monoisotopic (exact) mass is 439 g/mol. The molecule has 7 heteroatoms. The molecular formula is C23H25N3O2S2. The molecule has 2 aliphatic rings. The van der Waals surface area contributed by atoms with Crippen molar-refractivity contribution < 1.29 is 9.53 Å². The first kappa shape index (κ1) is 19.8. The second kappa shape index (κ2) is 8.19. The van der Waals surface area contributed by atoms with Crippen molar-refractivity contribution in [3.63, 3.8) is 0 Å². The number of hydrogen-bond acceptors (Lipinski definition) is 6. The Morgan fingerprint density at radius 1 is 1.27 bits per heavy atom. The summed E-state index contributed by atoms with van der Waals surface area (Å²) < 4.78 is 5.34. The molecule has 0 saturated heterocycles. The number of aryl methyl sites for hydroxylation is 1. The van der Waals surface area contributed by atoms with Crippen LogP contribution in [0.25, 0.3) is 10.2 Å². The molecule has 2 aromatic heterocycles. The maximum atomic E-state index is 12.7. The van der Waals surface area contributed by atoms with E-state index in [0.29, 0.717) is 23.1 Å². The number of fused-ring (bicyclic) bond motifs is 3. The number of nitrogens with zero attached hydrogens (tertiary/aromatic N) is 2. The number of nitrogens with one attached hydrogen (secondary N) is 1. The molecule has 2 heterocycles. The van der Waals surface area contributed by atoms with Crippen LogP contribution in [0.3, 0.4) is 0 Å². The van der Waals surface area contributed by atoms with Crippen LogP contribution in [0.5, 0.6) is 5.75 Å². The Morgan fingerprint density at radius 3 is 2.90 bits per heavy atom. The second-order valence-corrected chi connectivity index (χ2v) is 10.3. The van der Waals surface area contributed by atoms with Gasteiger partial charge in [0, 0.05) is 16.2 Å². The highest BCUT2D eigenvalue weighted by Gasteiger charge is 2.30. The number of aromatic nitrogens is 2. The molecule has 1 unspecified atom stereocenters. The van der Waals surface area contributed by atoms with Gasteiger partial charge < -0.3 is 10.1 Å². The normalized spacial score (nSPS) is 18.3. The van der Waals surface area contributed by atoms with Crippen molar-refractivity contribution in [1.29, 1.82) is 0 Å². The van der Waals surface area contributed by atoms with E-state index < -0.39 is 0 Å². The van der Waals surface area contributed by atoms with Crippen LogP contribution in [0.15, 0.2) is 29.3 Å². The van der Waals surface area contributed by atoms with Crippen LogP contribution in [0.1, 0.15) is 48.4 Å². The molecule has 0 spiro atoms. The third kappa shape index (κ3) is 3.93. The van der Waals surface area contributed by atoms with E-state index in [1.165, 1.54) is 46.9 Å². The van der Waals surface area contributed by atoms with Gasteiger partial charge in [-0.1, -0.05) is 30.8 Å². The molecule has 30 heavy (non-hydrogen) atoms. The van der Waals surface area contributed by atoms with Gasteiger partial charge in [0.05, 0.1) is 18.6 Å². The van der Waals surface area contributed by atoms with Gasteiger partial charge in [0.15, 0.2) is 0 Å². The number of methoxy groups -OCH3 is 1. The van der Waals surface area contributed by atoms with Crippen LogP contribution in [0.2, 0.25) is 0 Å². The number of amides is 1. The van der Waals surface area contributed by atoms with Gasteiger partial charge >= 0.3 is 0 Å². The van der Waals surface area contributed by atoms with E-state index in [2.05, 4.69) is 12.2 Å². The molecule has 1 amide bonds. The zero-order valence-electron chi connectivity index (χ0n) is 17.2. The SMILES string of the molecule is COc1ccccc1NC(=O)CSc1nc(C2CC2)nc2sc3c(c12)CCC(C)C3. The third-order valence-corrected chi connectivity index (χ3v) is 7.93. The van der Waals surface area contributed by atoms with Crippen molar-refractivity contribution in [1.82, 2.24) is 9.97 Å². The van der Waals surface area contributed by atoms with Crippen molar-refractivity contribution in [3.05, 3.63) is 40.5 Å². The Balaban J connectivity index is 1.41. The van der Waals surface area contributed by atoms with Gasteiger partial charge in [-0.15, -0.1) is 11.3 Å². The number of carbonyl (C=O) groups is 1. The average molecular weight is 440 g/mol. The number of rotatable bonds is 6. The van der Waals surface area contributed by atoms with Crippen LogP contribution >= 0.6 is 23.1 Å². The van der Waals surface area contributed by atoms with Crippen molar-refractivity contribution >= 4 is 44.9 Å². The van der Waals surface area contributed by atoms with Crippen molar-refractivity contribution in [2.24, 2.45) is 5.92 Å².